The summed E-state index contributed by atoms with van der Waals surface area (Å²) >= 11 is 1.91. The molecule has 4 nitrogen and oxygen atoms in total. The molecule has 3 unspecified atom stereocenters. The summed E-state index contributed by atoms with van der Waals surface area (Å²) in [5.41, 5.74) is 2.19. The maximum atomic E-state index is 12.9. The van der Waals surface area contributed by atoms with Crippen molar-refractivity contribution in [2.45, 2.75) is 24.1 Å². The smallest absolute Gasteiger partial charge is 0.224 e. The van der Waals surface area contributed by atoms with Crippen LogP contribution in [-0.4, -0.2) is 29.7 Å². The van der Waals surface area contributed by atoms with Gasteiger partial charge in [-0.15, -0.1) is 24.2 Å². The minimum Gasteiger partial charge on any atom is -0.497 e. The van der Waals surface area contributed by atoms with Crippen LogP contribution in [0.25, 0.3) is 0 Å². The highest BCUT2D eigenvalue weighted by Crippen LogP contribution is 2.56. The third-order valence-corrected chi connectivity index (χ3v) is 7.10. The van der Waals surface area contributed by atoms with E-state index in [0.717, 1.165) is 35.6 Å². The third-order valence-electron chi connectivity index (χ3n) is 5.38. The van der Waals surface area contributed by atoms with Gasteiger partial charge in [0, 0.05) is 18.5 Å². The van der Waals surface area contributed by atoms with E-state index in [1.54, 1.807) is 7.11 Å². The van der Waals surface area contributed by atoms with Crippen LogP contribution in [0.4, 0.5) is 0 Å². The average Bonchev–Trinajstić information content (AvgIpc) is 3.04. The highest BCUT2D eigenvalue weighted by molar-refractivity contribution is 8.01. The molecule has 1 aromatic carbocycles. The fourth-order valence-corrected chi connectivity index (χ4v) is 5.86. The van der Waals surface area contributed by atoms with Gasteiger partial charge < -0.3 is 10.1 Å². The van der Waals surface area contributed by atoms with Gasteiger partial charge >= 0.3 is 0 Å². The molecule has 6 heteroatoms. The van der Waals surface area contributed by atoms with Crippen LogP contribution in [0.5, 0.6) is 5.75 Å². The van der Waals surface area contributed by atoms with Crippen LogP contribution < -0.4 is 10.1 Å². The largest absolute Gasteiger partial charge is 0.497 e. The number of nitrogens with one attached hydrogen (secondary N) is 1. The second kappa shape index (κ2) is 7.89. The fraction of sp³-hybridized carbons (Fsp3) is 0.400. The Kier molecular flexibility index (Phi) is 5.78. The lowest BCUT2D eigenvalue weighted by molar-refractivity contribution is -0.126. The summed E-state index contributed by atoms with van der Waals surface area (Å²) in [4.78, 5) is 17.5. The van der Waals surface area contributed by atoms with Gasteiger partial charge in [0.2, 0.25) is 5.91 Å². The lowest BCUT2D eigenvalue weighted by Gasteiger charge is -2.39. The molecule has 1 fully saturated rings. The molecule has 26 heavy (non-hydrogen) atoms. The lowest BCUT2D eigenvalue weighted by atomic mass is 9.73. The Bertz CT molecular complexity index is 777. The molecule has 1 aromatic rings. The summed E-state index contributed by atoms with van der Waals surface area (Å²) in [6, 6.07) is 7.83. The average molecular weight is 391 g/mol. The molecule has 0 aromatic heterocycles. The molecule has 4 rings (SSSR count). The summed E-state index contributed by atoms with van der Waals surface area (Å²) in [6.45, 7) is 0.535. The molecular formula is C20H23ClN2O2S. The normalized spacial score (nSPS) is 28.4. The fourth-order valence-electron chi connectivity index (χ4n) is 4.04. The van der Waals surface area contributed by atoms with E-state index in [2.05, 4.69) is 28.5 Å². The van der Waals surface area contributed by atoms with Crippen molar-refractivity contribution in [1.82, 2.24) is 5.32 Å². The highest BCUT2D eigenvalue weighted by Gasteiger charge is 2.54. The van der Waals surface area contributed by atoms with Crippen molar-refractivity contribution in [1.29, 1.82) is 0 Å². The first-order valence-electron chi connectivity index (χ1n) is 8.67. The van der Waals surface area contributed by atoms with Gasteiger partial charge in [0.1, 0.15) is 5.75 Å². The Morgan fingerprint density at radius 2 is 2.35 bits per heavy atom. The summed E-state index contributed by atoms with van der Waals surface area (Å²) in [6.07, 6.45) is 10.2. The number of hydrogen-bond acceptors (Lipinski definition) is 4. The molecule has 0 bridgehead atoms. The standard InChI is InChI=1S/C20H22N2O2S.ClH/c1-24-15-6-4-5-14(11-15)12-22-19(23)16-13-25-20-9-3-2-7-18(20)21-10-8-17(16)20;/h2-7,10-11,16-17H,8-9,12-13H2,1H3,(H,22,23);1H. The number of ether oxygens (including phenoxy) is 1. The van der Waals surface area contributed by atoms with E-state index in [-0.39, 0.29) is 29.0 Å². The number of methoxy groups -OCH3 is 1. The van der Waals surface area contributed by atoms with Crippen LogP contribution in [-0.2, 0) is 11.3 Å². The molecule has 3 aliphatic rings. The maximum Gasteiger partial charge on any atom is 0.224 e. The van der Waals surface area contributed by atoms with E-state index in [1.807, 2.05) is 42.2 Å². The van der Waals surface area contributed by atoms with Crippen molar-refractivity contribution in [2.24, 2.45) is 16.8 Å². The van der Waals surface area contributed by atoms with Gasteiger partial charge in [0.15, 0.2) is 0 Å². The van der Waals surface area contributed by atoms with Crippen molar-refractivity contribution in [3.05, 3.63) is 53.8 Å². The summed E-state index contributed by atoms with van der Waals surface area (Å²) in [5, 5.41) is 3.13. The molecule has 1 amide bonds. The minimum absolute atomic E-state index is 0. The second-order valence-electron chi connectivity index (χ2n) is 6.71. The molecular weight excluding hydrogens is 368 g/mol. The van der Waals surface area contributed by atoms with Crippen LogP contribution >= 0.6 is 24.2 Å². The molecule has 1 saturated heterocycles. The van der Waals surface area contributed by atoms with E-state index in [9.17, 15) is 4.79 Å². The van der Waals surface area contributed by atoms with Gasteiger partial charge in [-0.2, -0.15) is 0 Å². The number of allylic oxidation sites excluding steroid dienone is 3. The van der Waals surface area contributed by atoms with E-state index in [1.165, 1.54) is 0 Å². The van der Waals surface area contributed by atoms with Gasteiger partial charge in [-0.05, 0) is 42.5 Å². The predicted octanol–water partition coefficient (Wildman–Crippen LogP) is 3.77. The Morgan fingerprint density at radius 3 is 3.19 bits per heavy atom. The lowest BCUT2D eigenvalue weighted by Crippen LogP contribution is -2.43. The Morgan fingerprint density at radius 1 is 1.46 bits per heavy atom. The predicted molar refractivity (Wildman–Crippen MR) is 109 cm³/mol. The van der Waals surface area contributed by atoms with Crippen molar-refractivity contribution in [3.8, 4) is 5.75 Å². The van der Waals surface area contributed by atoms with E-state index in [0.29, 0.717) is 12.5 Å². The topological polar surface area (TPSA) is 50.7 Å². The Hall–Kier alpha value is -1.72. The van der Waals surface area contributed by atoms with Crippen LogP contribution in [0, 0.1) is 11.8 Å². The van der Waals surface area contributed by atoms with Crippen molar-refractivity contribution in [2.75, 3.05) is 12.9 Å². The molecule has 1 spiro atoms. The number of rotatable bonds is 4. The molecule has 1 aliphatic carbocycles. The summed E-state index contributed by atoms with van der Waals surface area (Å²) in [7, 11) is 1.65. The van der Waals surface area contributed by atoms with Crippen LogP contribution in [0.2, 0.25) is 0 Å². The summed E-state index contributed by atoms with van der Waals surface area (Å²) in [5.74, 6) is 2.20. The zero-order chi connectivity index (χ0) is 17.3. The van der Waals surface area contributed by atoms with E-state index < -0.39 is 0 Å². The molecule has 0 saturated carbocycles. The number of nitrogens with zero attached hydrogens (tertiary/aromatic N) is 1. The van der Waals surface area contributed by atoms with Gasteiger partial charge in [0.25, 0.3) is 0 Å². The van der Waals surface area contributed by atoms with Crippen LogP contribution in [0.15, 0.2) is 53.2 Å². The van der Waals surface area contributed by atoms with Gasteiger partial charge in [0.05, 0.1) is 23.5 Å². The number of amides is 1. The van der Waals surface area contributed by atoms with Crippen molar-refractivity contribution >= 4 is 36.3 Å². The SMILES string of the molecule is COc1cccc(CNC(=O)C2CSC34CC=CC=C3N=CCC24)c1.Cl. The number of benzene rings is 1. The first kappa shape index (κ1) is 19.1. The highest BCUT2D eigenvalue weighted by atomic mass is 35.5. The molecule has 1 N–H and O–H groups in total. The van der Waals surface area contributed by atoms with Gasteiger partial charge in [-0.1, -0.05) is 24.3 Å². The molecule has 138 valence electrons. The van der Waals surface area contributed by atoms with Gasteiger partial charge in [-0.25, -0.2) is 0 Å². The second-order valence-corrected chi connectivity index (χ2v) is 8.06. The molecule has 2 heterocycles. The molecule has 3 atom stereocenters. The first-order valence-corrected chi connectivity index (χ1v) is 9.66. The summed E-state index contributed by atoms with van der Waals surface area (Å²) < 4.78 is 5.25. The number of thioether (sulfide) groups is 1. The van der Waals surface area contributed by atoms with Crippen molar-refractivity contribution in [3.63, 3.8) is 0 Å². The van der Waals surface area contributed by atoms with Crippen molar-refractivity contribution < 1.29 is 9.53 Å². The molecule has 0 radical (unpaired) electrons. The van der Waals surface area contributed by atoms with Crippen LogP contribution in [0.3, 0.4) is 0 Å². The number of carbonyl (C=O) groups excluding carboxylic acids is 1. The Balaban J connectivity index is 0.00000196. The zero-order valence-electron chi connectivity index (χ0n) is 14.7. The first-order chi connectivity index (χ1) is 12.2. The Labute approximate surface area is 164 Å². The van der Waals surface area contributed by atoms with Crippen LogP contribution in [0.1, 0.15) is 18.4 Å². The molecule has 2 aliphatic heterocycles. The van der Waals surface area contributed by atoms with Gasteiger partial charge in [-0.3, -0.25) is 9.79 Å². The number of hydrogen-bond donors (Lipinski definition) is 1. The third kappa shape index (κ3) is 3.30. The van der Waals surface area contributed by atoms with E-state index >= 15 is 0 Å². The quantitative estimate of drug-likeness (QED) is 0.851. The zero-order valence-corrected chi connectivity index (χ0v) is 16.3. The number of carbonyl (C=O) groups is 1. The number of halogens is 1. The number of aliphatic imine (C=N–C) groups is 1. The van der Waals surface area contributed by atoms with E-state index in [4.69, 9.17) is 4.74 Å². The minimum atomic E-state index is 0. The maximum absolute atomic E-state index is 12.9. The monoisotopic (exact) mass is 390 g/mol.